The van der Waals surface area contributed by atoms with Gasteiger partial charge in [0.15, 0.2) is 0 Å². The number of rotatable bonds is 2. The molecule has 1 fully saturated rings. The van der Waals surface area contributed by atoms with Gasteiger partial charge in [-0.1, -0.05) is 0 Å². The van der Waals surface area contributed by atoms with Crippen molar-refractivity contribution in [2.75, 3.05) is 24.6 Å². The Morgan fingerprint density at radius 2 is 2.44 bits per heavy atom. The summed E-state index contributed by atoms with van der Waals surface area (Å²) in [5, 5.41) is 2.05. The van der Waals surface area contributed by atoms with Gasteiger partial charge in [-0.15, -0.1) is 11.3 Å². The van der Waals surface area contributed by atoms with Gasteiger partial charge in [-0.2, -0.15) is 0 Å². The van der Waals surface area contributed by atoms with Crippen molar-refractivity contribution in [1.82, 2.24) is 9.97 Å². The van der Waals surface area contributed by atoms with E-state index in [2.05, 4.69) is 21.8 Å². The van der Waals surface area contributed by atoms with Crippen LogP contribution in [0.2, 0.25) is 0 Å². The standard InChI is InChI=1S/C12H16N4OS/c1-8-6-17-9(4-13)5-16(8)12-11-10(2-3-18-11)14-7-15-12/h2-3,7-9H,4-6,13H2,1H3. The average molecular weight is 264 g/mol. The number of anilines is 1. The summed E-state index contributed by atoms with van der Waals surface area (Å²) >= 11 is 1.68. The summed E-state index contributed by atoms with van der Waals surface area (Å²) in [6, 6.07) is 2.34. The van der Waals surface area contributed by atoms with Crippen LogP contribution >= 0.6 is 11.3 Å². The van der Waals surface area contributed by atoms with E-state index in [1.54, 1.807) is 17.7 Å². The quantitative estimate of drug-likeness (QED) is 0.884. The van der Waals surface area contributed by atoms with Gasteiger partial charge >= 0.3 is 0 Å². The van der Waals surface area contributed by atoms with Gasteiger partial charge in [-0.05, 0) is 18.4 Å². The van der Waals surface area contributed by atoms with Crippen LogP contribution < -0.4 is 10.6 Å². The first-order valence-electron chi connectivity index (χ1n) is 6.06. The summed E-state index contributed by atoms with van der Waals surface area (Å²) in [6.07, 6.45) is 1.72. The van der Waals surface area contributed by atoms with Crippen molar-refractivity contribution in [2.45, 2.75) is 19.1 Å². The van der Waals surface area contributed by atoms with E-state index >= 15 is 0 Å². The molecule has 0 spiro atoms. The summed E-state index contributed by atoms with van der Waals surface area (Å²) in [5.74, 6) is 1.00. The molecule has 6 heteroatoms. The lowest BCUT2D eigenvalue weighted by molar-refractivity contribution is 0.0281. The highest BCUT2D eigenvalue weighted by molar-refractivity contribution is 7.17. The molecule has 3 rings (SSSR count). The normalized spacial score (nSPS) is 24.7. The highest BCUT2D eigenvalue weighted by Gasteiger charge is 2.27. The Hall–Kier alpha value is -1.24. The second-order valence-corrected chi connectivity index (χ2v) is 5.44. The van der Waals surface area contributed by atoms with E-state index in [0.29, 0.717) is 19.2 Å². The molecule has 0 aliphatic carbocycles. The zero-order chi connectivity index (χ0) is 12.5. The molecule has 18 heavy (non-hydrogen) atoms. The fraction of sp³-hybridized carbons (Fsp3) is 0.500. The molecule has 1 aliphatic heterocycles. The number of aromatic nitrogens is 2. The third-order valence-corrected chi connectivity index (χ3v) is 4.16. The fourth-order valence-electron chi connectivity index (χ4n) is 2.24. The van der Waals surface area contributed by atoms with Gasteiger partial charge in [-0.25, -0.2) is 9.97 Å². The number of fused-ring (bicyclic) bond motifs is 1. The molecule has 0 radical (unpaired) electrons. The Balaban J connectivity index is 1.99. The highest BCUT2D eigenvalue weighted by Crippen LogP contribution is 2.30. The number of thiophene rings is 1. The molecule has 2 aromatic heterocycles. The lowest BCUT2D eigenvalue weighted by Crippen LogP contribution is -2.51. The number of nitrogens with two attached hydrogens (primary N) is 1. The zero-order valence-electron chi connectivity index (χ0n) is 10.2. The molecular formula is C12H16N4OS. The Morgan fingerprint density at radius 3 is 3.28 bits per heavy atom. The number of ether oxygens (including phenoxy) is 1. The smallest absolute Gasteiger partial charge is 0.150 e. The minimum absolute atomic E-state index is 0.0891. The van der Waals surface area contributed by atoms with Gasteiger partial charge in [0, 0.05) is 13.1 Å². The molecule has 0 saturated carbocycles. The minimum Gasteiger partial charge on any atom is -0.373 e. The largest absolute Gasteiger partial charge is 0.373 e. The van der Waals surface area contributed by atoms with Crippen molar-refractivity contribution in [2.24, 2.45) is 5.73 Å². The number of hydrogen-bond donors (Lipinski definition) is 1. The number of hydrogen-bond acceptors (Lipinski definition) is 6. The van der Waals surface area contributed by atoms with Gasteiger partial charge in [-0.3, -0.25) is 0 Å². The number of nitrogens with zero attached hydrogens (tertiary/aromatic N) is 3. The second-order valence-electron chi connectivity index (χ2n) is 4.52. The first-order chi connectivity index (χ1) is 8.79. The van der Waals surface area contributed by atoms with Crippen LogP contribution in [0.1, 0.15) is 6.92 Å². The van der Waals surface area contributed by atoms with Crippen molar-refractivity contribution in [3.63, 3.8) is 0 Å². The molecule has 2 atom stereocenters. The summed E-state index contributed by atoms with van der Waals surface area (Å²) in [5.41, 5.74) is 6.71. The van der Waals surface area contributed by atoms with Crippen molar-refractivity contribution in [1.29, 1.82) is 0 Å². The maximum atomic E-state index is 5.70. The van der Waals surface area contributed by atoms with Crippen LogP contribution in [0, 0.1) is 0 Å². The molecule has 0 amide bonds. The van der Waals surface area contributed by atoms with Crippen LogP contribution in [-0.2, 0) is 4.74 Å². The van der Waals surface area contributed by atoms with Crippen LogP contribution in [0.5, 0.6) is 0 Å². The van der Waals surface area contributed by atoms with Gasteiger partial charge in [0.1, 0.15) is 12.1 Å². The lowest BCUT2D eigenvalue weighted by atomic mass is 10.2. The summed E-state index contributed by atoms with van der Waals surface area (Å²) in [4.78, 5) is 11.0. The van der Waals surface area contributed by atoms with Crippen LogP contribution in [0.4, 0.5) is 5.82 Å². The molecule has 2 aromatic rings. The molecule has 96 valence electrons. The SMILES string of the molecule is CC1COC(CN)CN1c1ncnc2ccsc12. The molecule has 2 N–H and O–H groups in total. The summed E-state index contributed by atoms with van der Waals surface area (Å²) < 4.78 is 6.82. The topological polar surface area (TPSA) is 64.3 Å². The Labute approximate surface area is 110 Å². The van der Waals surface area contributed by atoms with Crippen molar-refractivity contribution in [3.8, 4) is 0 Å². The van der Waals surface area contributed by atoms with E-state index in [4.69, 9.17) is 10.5 Å². The van der Waals surface area contributed by atoms with Crippen LogP contribution in [0.15, 0.2) is 17.8 Å². The molecule has 0 bridgehead atoms. The van der Waals surface area contributed by atoms with E-state index in [1.165, 1.54) is 0 Å². The Morgan fingerprint density at radius 1 is 1.56 bits per heavy atom. The first-order valence-corrected chi connectivity index (χ1v) is 6.94. The van der Waals surface area contributed by atoms with Gasteiger partial charge in [0.25, 0.3) is 0 Å². The van der Waals surface area contributed by atoms with E-state index in [1.807, 2.05) is 11.4 Å². The maximum Gasteiger partial charge on any atom is 0.150 e. The van der Waals surface area contributed by atoms with E-state index < -0.39 is 0 Å². The predicted molar refractivity (Wildman–Crippen MR) is 73.0 cm³/mol. The van der Waals surface area contributed by atoms with Crippen LogP contribution in [0.25, 0.3) is 10.2 Å². The first kappa shape index (κ1) is 11.8. The Bertz CT molecular complexity index is 544. The molecule has 1 aliphatic rings. The third kappa shape index (κ3) is 1.96. The highest BCUT2D eigenvalue weighted by atomic mass is 32.1. The van der Waals surface area contributed by atoms with Gasteiger partial charge < -0.3 is 15.4 Å². The molecule has 1 saturated heterocycles. The van der Waals surface area contributed by atoms with Crippen LogP contribution in [0.3, 0.4) is 0 Å². The fourth-order valence-corrected chi connectivity index (χ4v) is 3.09. The van der Waals surface area contributed by atoms with E-state index in [-0.39, 0.29) is 6.10 Å². The van der Waals surface area contributed by atoms with Crippen molar-refractivity contribution >= 4 is 27.4 Å². The number of morpholine rings is 1. The molecule has 5 nitrogen and oxygen atoms in total. The average Bonchev–Trinajstić information content (AvgIpc) is 2.87. The third-order valence-electron chi connectivity index (χ3n) is 3.26. The minimum atomic E-state index is 0.0891. The predicted octanol–water partition coefficient (Wildman–Crippen LogP) is 1.24. The van der Waals surface area contributed by atoms with E-state index in [0.717, 1.165) is 22.6 Å². The van der Waals surface area contributed by atoms with Crippen molar-refractivity contribution < 1.29 is 4.74 Å². The summed E-state index contributed by atoms with van der Waals surface area (Å²) in [7, 11) is 0. The van der Waals surface area contributed by atoms with Gasteiger partial charge in [0.2, 0.25) is 0 Å². The second kappa shape index (κ2) is 4.79. The lowest BCUT2D eigenvalue weighted by Gasteiger charge is -2.38. The van der Waals surface area contributed by atoms with Crippen molar-refractivity contribution in [3.05, 3.63) is 17.8 Å². The van der Waals surface area contributed by atoms with Gasteiger partial charge in [0.05, 0.1) is 29.0 Å². The zero-order valence-corrected chi connectivity index (χ0v) is 11.1. The maximum absolute atomic E-state index is 5.70. The monoisotopic (exact) mass is 264 g/mol. The molecule has 3 heterocycles. The Kier molecular flexibility index (Phi) is 3.15. The van der Waals surface area contributed by atoms with E-state index in [9.17, 15) is 0 Å². The van der Waals surface area contributed by atoms with Crippen LogP contribution in [-0.4, -0.2) is 41.8 Å². The molecule has 0 aromatic carbocycles. The molecular weight excluding hydrogens is 248 g/mol. The summed E-state index contributed by atoms with van der Waals surface area (Å²) in [6.45, 7) is 4.18. The molecule has 2 unspecified atom stereocenters.